The van der Waals surface area contributed by atoms with E-state index < -0.39 is 0 Å². The molecule has 0 bridgehead atoms. The second kappa shape index (κ2) is 3.88. The van der Waals surface area contributed by atoms with Gasteiger partial charge in [0.05, 0.1) is 5.57 Å². The number of nitrogens with one attached hydrogen (secondary N) is 2. The van der Waals surface area contributed by atoms with E-state index in [1.807, 2.05) is 44.3 Å². The Balaban J connectivity index is 2.23. The Labute approximate surface area is 106 Å². The van der Waals surface area contributed by atoms with Crippen molar-refractivity contribution in [3.05, 3.63) is 53.3 Å². The third-order valence-corrected chi connectivity index (χ3v) is 3.30. The van der Waals surface area contributed by atoms with Gasteiger partial charge in [0.1, 0.15) is 0 Å². The molecule has 3 heteroatoms. The number of benzene rings is 1. The van der Waals surface area contributed by atoms with E-state index in [2.05, 4.69) is 16.4 Å². The minimum absolute atomic E-state index is 0.0253. The largest absolute Gasteiger partial charge is 0.361 e. The molecule has 1 aliphatic heterocycles. The van der Waals surface area contributed by atoms with Crippen molar-refractivity contribution in [3.8, 4) is 0 Å². The lowest BCUT2D eigenvalue weighted by Gasteiger charge is -2.04. The number of carbonyl (C=O) groups is 1. The number of anilines is 1. The summed E-state index contributed by atoms with van der Waals surface area (Å²) in [4.78, 5) is 15.2. The summed E-state index contributed by atoms with van der Waals surface area (Å²) in [5.74, 6) is -0.0253. The maximum atomic E-state index is 12.1. The highest BCUT2D eigenvalue weighted by Gasteiger charge is 2.26. The van der Waals surface area contributed by atoms with E-state index >= 15 is 0 Å². The first kappa shape index (κ1) is 10.8. The van der Waals surface area contributed by atoms with Crippen molar-refractivity contribution in [3.63, 3.8) is 0 Å². The molecule has 1 aromatic heterocycles. The highest BCUT2D eigenvalue weighted by molar-refractivity contribution is 6.36. The standard InChI is InChI=1S/C15H14N2O/c1-9-5-6-13-11(8-9)14(15(18)17-13)10(2)12-4-3-7-16-12/h3-8,16H,1-2H3,(H,17,18)/b14-10-. The Morgan fingerprint density at radius 2 is 2.06 bits per heavy atom. The third kappa shape index (κ3) is 1.56. The summed E-state index contributed by atoms with van der Waals surface area (Å²) in [5.41, 5.74) is 5.76. The van der Waals surface area contributed by atoms with Crippen LogP contribution in [0, 0.1) is 6.92 Å². The summed E-state index contributed by atoms with van der Waals surface area (Å²) in [6, 6.07) is 9.92. The summed E-state index contributed by atoms with van der Waals surface area (Å²) in [6.45, 7) is 4.00. The third-order valence-electron chi connectivity index (χ3n) is 3.30. The van der Waals surface area contributed by atoms with Gasteiger partial charge >= 0.3 is 0 Å². The van der Waals surface area contributed by atoms with E-state index in [4.69, 9.17) is 0 Å². The highest BCUT2D eigenvalue weighted by Crippen LogP contribution is 2.36. The average Bonchev–Trinajstić information content (AvgIpc) is 2.94. The first-order valence-electron chi connectivity index (χ1n) is 5.94. The van der Waals surface area contributed by atoms with Crippen LogP contribution in [-0.4, -0.2) is 10.9 Å². The Bertz CT molecular complexity index is 651. The van der Waals surface area contributed by atoms with Crippen molar-refractivity contribution >= 4 is 22.7 Å². The van der Waals surface area contributed by atoms with Crippen molar-refractivity contribution in [2.24, 2.45) is 0 Å². The van der Waals surface area contributed by atoms with E-state index in [9.17, 15) is 4.79 Å². The molecule has 3 rings (SSSR count). The lowest BCUT2D eigenvalue weighted by molar-refractivity contribution is -0.110. The van der Waals surface area contributed by atoms with E-state index in [-0.39, 0.29) is 5.91 Å². The molecular weight excluding hydrogens is 224 g/mol. The Morgan fingerprint density at radius 1 is 1.22 bits per heavy atom. The Kier molecular flexibility index (Phi) is 2.33. The molecule has 0 unspecified atom stereocenters. The van der Waals surface area contributed by atoms with Gasteiger partial charge in [-0.3, -0.25) is 4.79 Å². The van der Waals surface area contributed by atoms with Crippen LogP contribution in [0.1, 0.15) is 23.7 Å². The highest BCUT2D eigenvalue weighted by atomic mass is 16.2. The van der Waals surface area contributed by atoms with Gasteiger partial charge in [-0.15, -0.1) is 0 Å². The van der Waals surface area contributed by atoms with Crippen LogP contribution < -0.4 is 5.32 Å². The number of amides is 1. The second-order valence-electron chi connectivity index (χ2n) is 4.59. The number of carbonyl (C=O) groups excluding carboxylic acids is 1. The number of H-pyrrole nitrogens is 1. The van der Waals surface area contributed by atoms with Gasteiger partial charge in [0.25, 0.3) is 5.91 Å². The van der Waals surface area contributed by atoms with Crippen LogP contribution in [0.5, 0.6) is 0 Å². The molecular formula is C15H14N2O. The SMILES string of the molecule is C/C(=C1/C(=O)Nc2ccc(C)cc21)c1ccc[nH]1. The van der Waals surface area contributed by atoms with Crippen LogP contribution in [0.3, 0.4) is 0 Å². The van der Waals surface area contributed by atoms with Crippen molar-refractivity contribution < 1.29 is 4.79 Å². The van der Waals surface area contributed by atoms with Crippen molar-refractivity contribution in [1.82, 2.24) is 4.98 Å². The number of hydrogen-bond acceptors (Lipinski definition) is 1. The topological polar surface area (TPSA) is 44.9 Å². The maximum absolute atomic E-state index is 12.1. The Morgan fingerprint density at radius 3 is 2.78 bits per heavy atom. The van der Waals surface area contributed by atoms with Crippen LogP contribution in [0.25, 0.3) is 11.1 Å². The minimum Gasteiger partial charge on any atom is -0.361 e. The van der Waals surface area contributed by atoms with Gasteiger partial charge in [-0.05, 0) is 43.7 Å². The predicted molar refractivity (Wildman–Crippen MR) is 73.1 cm³/mol. The monoisotopic (exact) mass is 238 g/mol. The minimum atomic E-state index is -0.0253. The average molecular weight is 238 g/mol. The van der Waals surface area contributed by atoms with Crippen molar-refractivity contribution in [1.29, 1.82) is 0 Å². The van der Waals surface area contributed by atoms with Crippen molar-refractivity contribution in [2.45, 2.75) is 13.8 Å². The van der Waals surface area contributed by atoms with Gasteiger partial charge in [0.15, 0.2) is 0 Å². The summed E-state index contributed by atoms with van der Waals surface area (Å²) >= 11 is 0. The van der Waals surface area contributed by atoms with Crippen LogP contribution in [-0.2, 0) is 4.79 Å². The molecule has 0 aliphatic carbocycles. The molecule has 1 aliphatic rings. The molecule has 0 saturated carbocycles. The number of aromatic nitrogens is 1. The molecule has 1 aromatic carbocycles. The fraction of sp³-hybridized carbons (Fsp3) is 0.133. The normalized spacial score (nSPS) is 16.4. The number of rotatable bonds is 1. The number of allylic oxidation sites excluding steroid dienone is 1. The lowest BCUT2D eigenvalue weighted by Crippen LogP contribution is -2.05. The van der Waals surface area contributed by atoms with Crippen LogP contribution in [0.2, 0.25) is 0 Å². The zero-order valence-electron chi connectivity index (χ0n) is 10.4. The Hall–Kier alpha value is -2.29. The molecule has 90 valence electrons. The predicted octanol–water partition coefficient (Wildman–Crippen LogP) is 3.21. The molecule has 2 heterocycles. The van der Waals surface area contributed by atoms with E-state index in [0.29, 0.717) is 0 Å². The quantitative estimate of drug-likeness (QED) is 0.736. The molecule has 0 saturated heterocycles. The van der Waals surface area contributed by atoms with Crippen LogP contribution in [0.15, 0.2) is 36.5 Å². The van der Waals surface area contributed by atoms with Crippen molar-refractivity contribution in [2.75, 3.05) is 5.32 Å². The zero-order valence-corrected chi connectivity index (χ0v) is 10.4. The van der Waals surface area contributed by atoms with Crippen LogP contribution >= 0.6 is 0 Å². The van der Waals surface area contributed by atoms with E-state index in [0.717, 1.165) is 33.7 Å². The number of fused-ring (bicyclic) bond motifs is 1. The summed E-state index contributed by atoms with van der Waals surface area (Å²) in [5, 5.41) is 2.91. The molecule has 3 nitrogen and oxygen atoms in total. The molecule has 2 aromatic rings. The summed E-state index contributed by atoms with van der Waals surface area (Å²) in [6.07, 6.45) is 1.86. The second-order valence-corrected chi connectivity index (χ2v) is 4.59. The van der Waals surface area contributed by atoms with Gasteiger partial charge in [-0.2, -0.15) is 0 Å². The van der Waals surface area contributed by atoms with E-state index in [1.165, 1.54) is 0 Å². The van der Waals surface area contributed by atoms with Gasteiger partial charge in [-0.1, -0.05) is 11.6 Å². The smallest absolute Gasteiger partial charge is 0.256 e. The molecule has 0 radical (unpaired) electrons. The fourth-order valence-corrected chi connectivity index (χ4v) is 2.35. The summed E-state index contributed by atoms with van der Waals surface area (Å²) < 4.78 is 0. The zero-order chi connectivity index (χ0) is 12.7. The lowest BCUT2D eigenvalue weighted by atomic mass is 9.99. The first-order chi connectivity index (χ1) is 8.66. The number of aryl methyl sites for hydroxylation is 1. The number of hydrogen-bond donors (Lipinski definition) is 2. The molecule has 0 spiro atoms. The van der Waals surface area contributed by atoms with Gasteiger partial charge in [0.2, 0.25) is 0 Å². The summed E-state index contributed by atoms with van der Waals surface area (Å²) in [7, 11) is 0. The fourth-order valence-electron chi connectivity index (χ4n) is 2.35. The maximum Gasteiger partial charge on any atom is 0.256 e. The molecule has 18 heavy (non-hydrogen) atoms. The van der Waals surface area contributed by atoms with Crippen LogP contribution in [0.4, 0.5) is 5.69 Å². The molecule has 0 fully saturated rings. The van der Waals surface area contributed by atoms with Gasteiger partial charge < -0.3 is 10.3 Å². The molecule has 1 amide bonds. The van der Waals surface area contributed by atoms with Gasteiger partial charge in [0, 0.05) is 23.1 Å². The molecule has 2 N–H and O–H groups in total. The molecule has 0 atom stereocenters. The van der Waals surface area contributed by atoms with Gasteiger partial charge in [-0.25, -0.2) is 0 Å². The first-order valence-corrected chi connectivity index (χ1v) is 5.94. The van der Waals surface area contributed by atoms with E-state index in [1.54, 1.807) is 0 Å². The number of aromatic amines is 1.